The molecule has 9 aromatic carbocycles. The quantitative estimate of drug-likeness (QED) is 0.153. The molecule has 0 saturated carbocycles. The van der Waals surface area contributed by atoms with Gasteiger partial charge in [-0.1, -0.05) is 176 Å². The van der Waals surface area contributed by atoms with Gasteiger partial charge in [0.2, 0.25) is 0 Å². The summed E-state index contributed by atoms with van der Waals surface area (Å²) in [6.07, 6.45) is 0.710. The lowest BCUT2D eigenvalue weighted by molar-refractivity contribution is 0.668. The highest BCUT2D eigenvalue weighted by Gasteiger charge is 2.21. The summed E-state index contributed by atoms with van der Waals surface area (Å²) >= 11 is 2.53. The normalized spacial score (nSPS) is 12.9. The zero-order chi connectivity index (χ0) is 41.1. The second-order valence-corrected chi connectivity index (χ2v) is 17.3. The molecule has 3 heterocycles. The fourth-order valence-corrected chi connectivity index (χ4v) is 10.2. The lowest BCUT2D eigenvalue weighted by Crippen LogP contribution is -2.27. The van der Waals surface area contributed by atoms with E-state index in [9.17, 15) is 0 Å². The molecule has 0 N–H and O–H groups in total. The lowest BCUT2D eigenvalue weighted by Gasteiger charge is -2.11. The molecule has 292 valence electrons. The van der Waals surface area contributed by atoms with Gasteiger partial charge in [-0.25, -0.2) is 0 Å². The van der Waals surface area contributed by atoms with Crippen molar-refractivity contribution in [1.29, 1.82) is 0 Å². The summed E-state index contributed by atoms with van der Waals surface area (Å²) in [5.41, 5.74) is 16.4. The molecule has 1 aliphatic heterocycles. The third-order valence-electron chi connectivity index (χ3n) is 12.3. The minimum Gasteiger partial charge on any atom is -0.456 e. The Hall–Kier alpha value is -7.28. The molecule has 1 aliphatic rings. The maximum atomic E-state index is 6.84. The Morgan fingerprint density at radius 3 is 1.56 bits per heavy atom. The number of rotatable bonds is 6. The van der Waals surface area contributed by atoms with Crippen molar-refractivity contribution < 1.29 is 4.42 Å². The molecule has 4 heteroatoms. The van der Waals surface area contributed by atoms with Crippen molar-refractivity contribution in [1.82, 2.24) is 4.57 Å². The smallest absolute Gasteiger partial charge is 0.137 e. The van der Waals surface area contributed by atoms with Crippen LogP contribution in [0.3, 0.4) is 0 Å². The number of hydrogen-bond acceptors (Lipinski definition) is 2. The minimum absolute atomic E-state index is 0.710. The van der Waals surface area contributed by atoms with Crippen LogP contribution in [-0.2, 0) is 0 Å². The van der Waals surface area contributed by atoms with Gasteiger partial charge in [-0.3, -0.25) is 4.99 Å². The maximum absolute atomic E-state index is 6.84. The molecule has 62 heavy (non-hydrogen) atoms. The highest BCUT2D eigenvalue weighted by atomic mass is 127. The van der Waals surface area contributed by atoms with Crippen molar-refractivity contribution in [2.75, 3.05) is 0 Å². The van der Waals surface area contributed by atoms with Crippen LogP contribution in [-0.4, -0.2) is 10.3 Å². The van der Waals surface area contributed by atoms with Crippen LogP contribution in [0.15, 0.2) is 222 Å². The van der Waals surface area contributed by atoms with Gasteiger partial charge in [0, 0.05) is 59.6 Å². The molecule has 0 radical (unpaired) electrons. The molecule has 2 aromatic heterocycles. The SMILES string of the molecule is IC1=c2ccccc2=C(c2ccc(-c3ccccc3)cc2)N=C(c2cccc3oc4cc(-n5c6cc(-c7ccccc7)ccc6c6ccc(-c7ccccc7)cc65)ccc4c23)C1. The molecule has 11 aromatic rings. The predicted octanol–water partition coefficient (Wildman–Crippen LogP) is 14.3. The molecule has 12 rings (SSSR count). The first-order chi connectivity index (χ1) is 30.6. The fourth-order valence-electron chi connectivity index (χ4n) is 9.34. The van der Waals surface area contributed by atoms with Crippen molar-refractivity contribution in [2.45, 2.75) is 6.42 Å². The second-order valence-electron chi connectivity index (χ2n) is 16.0. The van der Waals surface area contributed by atoms with Crippen LogP contribution in [0.2, 0.25) is 0 Å². The number of benzene rings is 9. The van der Waals surface area contributed by atoms with Gasteiger partial charge in [0.25, 0.3) is 0 Å². The van der Waals surface area contributed by atoms with Crippen LogP contribution < -0.4 is 10.4 Å². The van der Waals surface area contributed by atoms with E-state index >= 15 is 0 Å². The third kappa shape index (κ3) is 6.21. The van der Waals surface area contributed by atoms with Crippen molar-refractivity contribution in [3.8, 4) is 39.1 Å². The maximum Gasteiger partial charge on any atom is 0.137 e. The number of furan rings is 1. The van der Waals surface area contributed by atoms with Crippen LogP contribution in [0.1, 0.15) is 17.5 Å². The van der Waals surface area contributed by atoms with E-state index in [2.05, 4.69) is 239 Å². The summed E-state index contributed by atoms with van der Waals surface area (Å²) in [6, 6.07) is 76.1. The van der Waals surface area contributed by atoms with Gasteiger partial charge in [0.05, 0.1) is 22.4 Å². The van der Waals surface area contributed by atoms with Crippen LogP contribution in [0.25, 0.3) is 92.1 Å². The Labute approximate surface area is 372 Å². The largest absolute Gasteiger partial charge is 0.456 e. The first-order valence-corrected chi connectivity index (χ1v) is 22.1. The zero-order valence-corrected chi connectivity index (χ0v) is 35.8. The van der Waals surface area contributed by atoms with E-state index in [0.717, 1.165) is 66.4 Å². The highest BCUT2D eigenvalue weighted by molar-refractivity contribution is 14.1. The van der Waals surface area contributed by atoms with Crippen molar-refractivity contribution in [3.05, 3.63) is 234 Å². The number of aliphatic imine (C=N–C) groups is 1. The van der Waals surface area contributed by atoms with Crippen LogP contribution in [0, 0.1) is 0 Å². The summed E-state index contributed by atoms with van der Waals surface area (Å²) in [4.78, 5) is 5.60. The third-order valence-corrected chi connectivity index (χ3v) is 13.3. The van der Waals surface area contributed by atoms with Crippen molar-refractivity contribution in [2.24, 2.45) is 4.99 Å². The Kier molecular flexibility index (Phi) is 8.85. The average Bonchev–Trinajstić information content (AvgIpc) is 3.83. The van der Waals surface area contributed by atoms with E-state index in [1.54, 1.807) is 0 Å². The standard InChI is InChI=1S/C58H37IN2O/c59-51-36-52(60-58(48-20-11-10-19-45(48)51)41-25-23-40(24-26-41)37-13-4-1-5-14-37)49-21-12-22-55-57(49)50-32-29-44(35-56(50)62-55)61-53-33-42(38-15-6-2-7-16-38)27-30-46(53)47-31-28-43(34-54(47)61)39-17-8-3-9-18-39/h1-35H,36H2. The molecular formula is C58H37IN2O. The topological polar surface area (TPSA) is 30.4 Å². The molecule has 0 aliphatic carbocycles. The number of halogens is 1. The lowest BCUT2D eigenvalue weighted by atomic mass is 9.99. The number of aromatic nitrogens is 1. The molecule has 0 fully saturated rings. The number of fused-ring (bicyclic) bond motifs is 7. The van der Waals surface area contributed by atoms with Crippen LogP contribution in [0.5, 0.6) is 0 Å². The Morgan fingerprint density at radius 2 is 0.935 bits per heavy atom. The van der Waals surface area contributed by atoms with Crippen LogP contribution >= 0.6 is 22.6 Å². The first kappa shape index (κ1) is 36.6. The second kappa shape index (κ2) is 15.0. The van der Waals surface area contributed by atoms with E-state index in [4.69, 9.17) is 9.41 Å². The molecule has 0 spiro atoms. The highest BCUT2D eigenvalue weighted by Crippen LogP contribution is 2.40. The summed E-state index contributed by atoms with van der Waals surface area (Å²) < 4.78 is 10.5. The van der Waals surface area contributed by atoms with Gasteiger partial charge in [0.1, 0.15) is 11.2 Å². The minimum atomic E-state index is 0.710. The molecule has 0 amide bonds. The predicted molar refractivity (Wildman–Crippen MR) is 268 cm³/mol. The Morgan fingerprint density at radius 1 is 0.419 bits per heavy atom. The molecular weight excluding hydrogens is 868 g/mol. The number of hydrogen-bond donors (Lipinski definition) is 0. The van der Waals surface area contributed by atoms with Gasteiger partial charge in [-0.15, -0.1) is 0 Å². The van der Waals surface area contributed by atoms with E-state index in [0.29, 0.717) is 6.42 Å². The van der Waals surface area contributed by atoms with Gasteiger partial charge >= 0.3 is 0 Å². The fraction of sp³-hybridized carbons (Fsp3) is 0.0172. The number of nitrogens with zero attached hydrogens (tertiary/aromatic N) is 2. The summed E-state index contributed by atoms with van der Waals surface area (Å²) in [6.45, 7) is 0. The Bertz CT molecular complexity index is 3600. The molecule has 0 unspecified atom stereocenters. The summed E-state index contributed by atoms with van der Waals surface area (Å²) in [7, 11) is 0. The molecule has 0 saturated heterocycles. The van der Waals surface area contributed by atoms with Gasteiger partial charge in [-0.05, 0) is 91.5 Å². The van der Waals surface area contributed by atoms with Crippen molar-refractivity contribution in [3.63, 3.8) is 0 Å². The summed E-state index contributed by atoms with van der Waals surface area (Å²) in [5.74, 6) is 0. The zero-order valence-electron chi connectivity index (χ0n) is 33.6. The summed E-state index contributed by atoms with van der Waals surface area (Å²) in [5, 5.41) is 6.95. The van der Waals surface area contributed by atoms with E-state index < -0.39 is 0 Å². The Balaban J connectivity index is 1.03. The average molecular weight is 905 g/mol. The van der Waals surface area contributed by atoms with E-state index in [1.165, 1.54) is 53.0 Å². The molecule has 0 bridgehead atoms. The molecule has 0 atom stereocenters. The monoisotopic (exact) mass is 904 g/mol. The van der Waals surface area contributed by atoms with Gasteiger partial charge < -0.3 is 8.98 Å². The van der Waals surface area contributed by atoms with Crippen LogP contribution in [0.4, 0.5) is 0 Å². The van der Waals surface area contributed by atoms with E-state index in [-0.39, 0.29) is 0 Å². The van der Waals surface area contributed by atoms with Gasteiger partial charge in [0.15, 0.2) is 0 Å². The van der Waals surface area contributed by atoms with E-state index in [1.807, 2.05) is 0 Å². The molecule has 3 nitrogen and oxygen atoms in total. The first-order valence-electron chi connectivity index (χ1n) is 21.0. The van der Waals surface area contributed by atoms with Crippen molar-refractivity contribution >= 4 is 81.3 Å². The van der Waals surface area contributed by atoms with Gasteiger partial charge in [-0.2, -0.15) is 0 Å².